The van der Waals surface area contributed by atoms with Crippen LogP contribution in [0.1, 0.15) is 23.8 Å². The summed E-state index contributed by atoms with van der Waals surface area (Å²) in [6.45, 7) is 6.03. The summed E-state index contributed by atoms with van der Waals surface area (Å²) in [5, 5.41) is 6.67. The Morgan fingerprint density at radius 2 is 2.20 bits per heavy atom. The molecule has 5 heteroatoms. The highest BCUT2D eigenvalue weighted by Crippen LogP contribution is 2.16. The van der Waals surface area contributed by atoms with Crippen LogP contribution in [0.2, 0.25) is 0 Å². The minimum atomic E-state index is 0.296. The summed E-state index contributed by atoms with van der Waals surface area (Å²) in [5.74, 6) is 1.06. The van der Waals surface area contributed by atoms with E-state index in [1.54, 1.807) is 11.3 Å². The van der Waals surface area contributed by atoms with Gasteiger partial charge in [-0.15, -0.1) is 11.3 Å². The van der Waals surface area contributed by atoms with Gasteiger partial charge >= 0.3 is 0 Å². The summed E-state index contributed by atoms with van der Waals surface area (Å²) >= 11 is 1.69. The Hall–Kier alpha value is -1.72. The zero-order valence-electron chi connectivity index (χ0n) is 11.7. The predicted octanol–water partition coefficient (Wildman–Crippen LogP) is 3.15. The molecule has 104 valence electrons. The molecule has 1 atom stereocenters. The molecular weight excluding hydrogens is 268 g/mol. The van der Waals surface area contributed by atoms with Crippen molar-refractivity contribution in [1.82, 2.24) is 19.9 Å². The van der Waals surface area contributed by atoms with E-state index >= 15 is 0 Å². The number of benzene rings is 1. The molecule has 0 aliphatic rings. The SMILES string of the molecule is Cc1nc2ccccc2n1CCNC(C)c1nccs1. The third-order valence-corrected chi connectivity index (χ3v) is 4.41. The third-order valence-electron chi connectivity index (χ3n) is 3.45. The van der Waals surface area contributed by atoms with Crippen molar-refractivity contribution in [2.75, 3.05) is 6.54 Å². The molecule has 1 N–H and O–H groups in total. The zero-order chi connectivity index (χ0) is 13.9. The first-order valence-electron chi connectivity index (χ1n) is 6.80. The van der Waals surface area contributed by atoms with Crippen LogP contribution in [-0.4, -0.2) is 21.1 Å². The van der Waals surface area contributed by atoms with Gasteiger partial charge in [0.15, 0.2) is 0 Å². The summed E-state index contributed by atoms with van der Waals surface area (Å²) in [6.07, 6.45) is 1.85. The second kappa shape index (κ2) is 5.73. The number of nitrogens with zero attached hydrogens (tertiary/aromatic N) is 3. The monoisotopic (exact) mass is 286 g/mol. The summed E-state index contributed by atoms with van der Waals surface area (Å²) in [7, 11) is 0. The molecule has 0 spiro atoms. The molecule has 0 saturated heterocycles. The van der Waals surface area contributed by atoms with Gasteiger partial charge in [0.1, 0.15) is 10.8 Å². The highest BCUT2D eigenvalue weighted by Gasteiger charge is 2.09. The highest BCUT2D eigenvalue weighted by atomic mass is 32.1. The maximum absolute atomic E-state index is 4.59. The number of imidazole rings is 1. The van der Waals surface area contributed by atoms with Gasteiger partial charge in [0.25, 0.3) is 0 Å². The minimum Gasteiger partial charge on any atom is -0.327 e. The van der Waals surface area contributed by atoms with E-state index in [-0.39, 0.29) is 0 Å². The molecule has 1 unspecified atom stereocenters. The number of rotatable bonds is 5. The lowest BCUT2D eigenvalue weighted by atomic mass is 10.3. The van der Waals surface area contributed by atoms with Crippen LogP contribution in [-0.2, 0) is 6.54 Å². The van der Waals surface area contributed by atoms with Crippen LogP contribution >= 0.6 is 11.3 Å². The Balaban J connectivity index is 1.67. The van der Waals surface area contributed by atoms with Crippen molar-refractivity contribution in [2.45, 2.75) is 26.4 Å². The lowest BCUT2D eigenvalue weighted by molar-refractivity contribution is 0.530. The lowest BCUT2D eigenvalue weighted by Gasteiger charge is -2.12. The topological polar surface area (TPSA) is 42.7 Å². The van der Waals surface area contributed by atoms with Crippen molar-refractivity contribution < 1.29 is 0 Å². The van der Waals surface area contributed by atoms with Crippen molar-refractivity contribution in [3.63, 3.8) is 0 Å². The van der Waals surface area contributed by atoms with Crippen LogP contribution in [0.15, 0.2) is 35.8 Å². The van der Waals surface area contributed by atoms with Gasteiger partial charge in [0.2, 0.25) is 0 Å². The van der Waals surface area contributed by atoms with Crippen LogP contribution in [0.25, 0.3) is 11.0 Å². The van der Waals surface area contributed by atoms with Gasteiger partial charge in [-0.1, -0.05) is 12.1 Å². The summed E-state index contributed by atoms with van der Waals surface area (Å²) < 4.78 is 2.26. The minimum absolute atomic E-state index is 0.296. The highest BCUT2D eigenvalue weighted by molar-refractivity contribution is 7.09. The summed E-state index contributed by atoms with van der Waals surface area (Å²) in [5.41, 5.74) is 2.27. The van der Waals surface area contributed by atoms with Crippen molar-refractivity contribution in [3.05, 3.63) is 46.7 Å². The number of hydrogen-bond acceptors (Lipinski definition) is 4. The van der Waals surface area contributed by atoms with Crippen LogP contribution in [0.5, 0.6) is 0 Å². The number of thiazole rings is 1. The number of para-hydroxylation sites is 2. The molecule has 4 nitrogen and oxygen atoms in total. The molecule has 2 aromatic heterocycles. The molecule has 0 amide bonds. The molecule has 0 aliphatic heterocycles. The molecule has 1 aromatic carbocycles. The molecule has 3 rings (SSSR count). The van der Waals surface area contributed by atoms with E-state index in [4.69, 9.17) is 0 Å². The molecule has 0 aliphatic carbocycles. The van der Waals surface area contributed by atoms with Crippen LogP contribution in [0.4, 0.5) is 0 Å². The Morgan fingerprint density at radius 1 is 1.35 bits per heavy atom. The fraction of sp³-hybridized carbons (Fsp3) is 0.333. The average molecular weight is 286 g/mol. The fourth-order valence-corrected chi connectivity index (χ4v) is 3.08. The number of hydrogen-bond donors (Lipinski definition) is 1. The Kier molecular flexibility index (Phi) is 3.80. The molecule has 20 heavy (non-hydrogen) atoms. The normalized spacial score (nSPS) is 12.9. The molecular formula is C15H18N4S. The molecule has 0 radical (unpaired) electrons. The molecule has 0 fully saturated rings. The summed E-state index contributed by atoms with van der Waals surface area (Å²) in [6, 6.07) is 8.57. The van der Waals surface area contributed by atoms with Crippen molar-refractivity contribution in [1.29, 1.82) is 0 Å². The first-order chi connectivity index (χ1) is 9.75. The first kappa shape index (κ1) is 13.3. The Labute approximate surface area is 122 Å². The van der Waals surface area contributed by atoms with Gasteiger partial charge in [-0.25, -0.2) is 9.97 Å². The van der Waals surface area contributed by atoms with Gasteiger partial charge in [0, 0.05) is 24.7 Å². The van der Waals surface area contributed by atoms with E-state index < -0.39 is 0 Å². The molecule has 2 heterocycles. The van der Waals surface area contributed by atoms with Crippen LogP contribution in [0.3, 0.4) is 0 Å². The van der Waals surface area contributed by atoms with E-state index in [2.05, 4.69) is 51.9 Å². The number of fused-ring (bicyclic) bond motifs is 1. The van der Waals surface area contributed by atoms with E-state index in [1.165, 1.54) is 5.52 Å². The van der Waals surface area contributed by atoms with Crippen molar-refractivity contribution >= 4 is 22.4 Å². The Morgan fingerprint density at radius 3 is 3.00 bits per heavy atom. The largest absolute Gasteiger partial charge is 0.327 e. The lowest BCUT2D eigenvalue weighted by Crippen LogP contribution is -2.23. The number of aryl methyl sites for hydroxylation is 1. The predicted molar refractivity (Wildman–Crippen MR) is 83.0 cm³/mol. The second-order valence-corrected chi connectivity index (χ2v) is 5.77. The van der Waals surface area contributed by atoms with Crippen molar-refractivity contribution in [2.24, 2.45) is 0 Å². The summed E-state index contributed by atoms with van der Waals surface area (Å²) in [4.78, 5) is 8.92. The zero-order valence-corrected chi connectivity index (χ0v) is 12.5. The van der Waals surface area contributed by atoms with E-state index in [1.807, 2.05) is 17.6 Å². The second-order valence-electron chi connectivity index (χ2n) is 4.85. The van der Waals surface area contributed by atoms with Gasteiger partial charge < -0.3 is 9.88 Å². The van der Waals surface area contributed by atoms with Crippen LogP contribution in [0, 0.1) is 6.92 Å². The fourth-order valence-electron chi connectivity index (χ4n) is 2.41. The van der Waals surface area contributed by atoms with Gasteiger partial charge in [-0.05, 0) is 26.0 Å². The first-order valence-corrected chi connectivity index (χ1v) is 7.68. The molecule has 0 saturated carbocycles. The smallest absolute Gasteiger partial charge is 0.109 e. The van der Waals surface area contributed by atoms with Crippen LogP contribution < -0.4 is 5.32 Å². The van der Waals surface area contributed by atoms with Crippen molar-refractivity contribution in [3.8, 4) is 0 Å². The van der Waals surface area contributed by atoms with Gasteiger partial charge in [0.05, 0.1) is 17.1 Å². The molecule has 0 bridgehead atoms. The Bertz CT molecular complexity index is 687. The van der Waals surface area contributed by atoms with E-state index in [0.29, 0.717) is 6.04 Å². The maximum atomic E-state index is 4.59. The van der Waals surface area contributed by atoms with Gasteiger partial charge in [-0.2, -0.15) is 0 Å². The quantitative estimate of drug-likeness (QED) is 0.783. The van der Waals surface area contributed by atoms with E-state index in [0.717, 1.165) is 29.4 Å². The maximum Gasteiger partial charge on any atom is 0.109 e. The van der Waals surface area contributed by atoms with Gasteiger partial charge in [-0.3, -0.25) is 0 Å². The standard InChI is InChI=1S/C15H18N4S/c1-11(15-17-8-10-20-15)16-7-9-19-12(2)18-13-5-3-4-6-14(13)19/h3-6,8,10-11,16H,7,9H2,1-2H3. The average Bonchev–Trinajstić information content (AvgIpc) is 3.07. The molecule has 3 aromatic rings. The number of nitrogens with one attached hydrogen (secondary N) is 1. The third kappa shape index (κ3) is 2.59. The van der Waals surface area contributed by atoms with E-state index in [9.17, 15) is 0 Å². The number of aromatic nitrogens is 3.